The van der Waals surface area contributed by atoms with E-state index >= 15 is 0 Å². The zero-order valence-electron chi connectivity index (χ0n) is 12.6. The third kappa shape index (κ3) is 3.41. The van der Waals surface area contributed by atoms with Gasteiger partial charge in [0.15, 0.2) is 0 Å². The minimum Gasteiger partial charge on any atom is -0.295 e. The third-order valence-electron chi connectivity index (χ3n) is 3.31. The number of benzene rings is 1. The molecule has 2 aromatic heterocycles. The lowest BCUT2D eigenvalue weighted by molar-refractivity contribution is 0.312. The van der Waals surface area contributed by atoms with Crippen molar-refractivity contribution < 1.29 is 4.39 Å². The number of fused-ring (bicyclic) bond motifs is 1. The Morgan fingerprint density at radius 1 is 1.39 bits per heavy atom. The maximum Gasteiger partial charge on any atom is 0.275 e. The van der Waals surface area contributed by atoms with Crippen molar-refractivity contribution in [1.82, 2.24) is 19.5 Å². The fourth-order valence-corrected chi connectivity index (χ4v) is 3.51. The van der Waals surface area contributed by atoms with Crippen molar-refractivity contribution in [3.63, 3.8) is 0 Å². The number of hydrogen-bond acceptors (Lipinski definition) is 5. The van der Waals surface area contributed by atoms with Crippen molar-refractivity contribution in [2.45, 2.75) is 20.0 Å². The molecule has 0 atom stereocenters. The minimum absolute atomic E-state index is 0.199. The number of aryl methyl sites for hydroxylation is 1. The van der Waals surface area contributed by atoms with E-state index in [1.807, 2.05) is 11.9 Å². The van der Waals surface area contributed by atoms with Crippen molar-refractivity contribution in [1.29, 1.82) is 0 Å². The van der Waals surface area contributed by atoms with Crippen LogP contribution in [0, 0.1) is 12.7 Å². The van der Waals surface area contributed by atoms with E-state index in [0.717, 1.165) is 5.01 Å². The van der Waals surface area contributed by atoms with E-state index in [-0.39, 0.29) is 11.4 Å². The van der Waals surface area contributed by atoms with E-state index in [9.17, 15) is 9.18 Å². The largest absolute Gasteiger partial charge is 0.295 e. The molecule has 0 saturated carbocycles. The molecule has 0 aliphatic carbocycles. The predicted molar refractivity (Wildman–Crippen MR) is 88.5 cm³/mol. The summed E-state index contributed by atoms with van der Waals surface area (Å²) >= 11 is 7.39. The first-order chi connectivity index (χ1) is 10.9. The van der Waals surface area contributed by atoms with E-state index in [1.54, 1.807) is 19.1 Å². The summed E-state index contributed by atoms with van der Waals surface area (Å²) in [6.45, 7) is 2.59. The molecule has 0 N–H and O–H groups in total. The molecule has 120 valence electrons. The van der Waals surface area contributed by atoms with Gasteiger partial charge in [-0.15, -0.1) is 0 Å². The zero-order chi connectivity index (χ0) is 16.6. The van der Waals surface area contributed by atoms with E-state index in [2.05, 4.69) is 10.1 Å². The molecular weight excluding hydrogens is 339 g/mol. The quantitative estimate of drug-likeness (QED) is 0.724. The van der Waals surface area contributed by atoms with Crippen LogP contribution in [0.2, 0.25) is 5.02 Å². The number of rotatable bonds is 4. The maximum absolute atomic E-state index is 13.8. The number of halogens is 2. The van der Waals surface area contributed by atoms with Gasteiger partial charge in [-0.2, -0.15) is 9.61 Å². The lowest BCUT2D eigenvalue weighted by atomic mass is 10.2. The average Bonchev–Trinajstić information content (AvgIpc) is 2.85. The predicted octanol–water partition coefficient (Wildman–Crippen LogP) is 2.88. The first-order valence-electron chi connectivity index (χ1n) is 6.92. The molecule has 0 spiro atoms. The lowest BCUT2D eigenvalue weighted by Crippen LogP contribution is -2.19. The zero-order valence-corrected chi connectivity index (χ0v) is 14.2. The van der Waals surface area contributed by atoms with E-state index in [0.29, 0.717) is 34.3 Å². The third-order valence-corrected chi connectivity index (χ3v) is 4.56. The highest BCUT2D eigenvalue weighted by molar-refractivity contribution is 7.16. The Kier molecular flexibility index (Phi) is 4.43. The number of nitrogens with zero attached hydrogens (tertiary/aromatic N) is 4. The van der Waals surface area contributed by atoms with Gasteiger partial charge < -0.3 is 0 Å². The molecule has 0 fully saturated rings. The van der Waals surface area contributed by atoms with Gasteiger partial charge in [0.25, 0.3) is 5.56 Å². The van der Waals surface area contributed by atoms with Gasteiger partial charge in [-0.05, 0) is 26.1 Å². The molecule has 8 heteroatoms. The van der Waals surface area contributed by atoms with Crippen molar-refractivity contribution in [3.8, 4) is 0 Å². The van der Waals surface area contributed by atoms with Crippen LogP contribution in [0.3, 0.4) is 0 Å². The number of aromatic nitrogens is 3. The number of hydrogen-bond donors (Lipinski definition) is 0. The Labute approximate surface area is 141 Å². The van der Waals surface area contributed by atoms with Crippen LogP contribution in [0.25, 0.3) is 4.96 Å². The standard InChI is InChI=1S/C15H14ClFN4OS/c1-9-6-14(22)21-15(18-9)23-13(19-21)8-20(2)7-10-11(16)4-3-5-12(10)17/h3-6H,7-8H2,1-2H3. The van der Waals surface area contributed by atoms with Crippen LogP contribution in [0.5, 0.6) is 0 Å². The van der Waals surface area contributed by atoms with Crippen LogP contribution in [0.15, 0.2) is 29.1 Å². The summed E-state index contributed by atoms with van der Waals surface area (Å²) in [4.78, 5) is 18.6. The monoisotopic (exact) mass is 352 g/mol. The molecular formula is C15H14ClFN4OS. The fourth-order valence-electron chi connectivity index (χ4n) is 2.26. The second kappa shape index (κ2) is 6.35. The topological polar surface area (TPSA) is 50.5 Å². The van der Waals surface area contributed by atoms with E-state index < -0.39 is 0 Å². The summed E-state index contributed by atoms with van der Waals surface area (Å²) in [5.74, 6) is -0.331. The van der Waals surface area contributed by atoms with Gasteiger partial charge in [0, 0.05) is 28.9 Å². The van der Waals surface area contributed by atoms with Crippen LogP contribution >= 0.6 is 22.9 Å². The Morgan fingerprint density at radius 3 is 2.91 bits per heavy atom. The summed E-state index contributed by atoms with van der Waals surface area (Å²) in [5, 5.41) is 5.40. The molecule has 5 nitrogen and oxygen atoms in total. The highest BCUT2D eigenvalue weighted by atomic mass is 35.5. The first-order valence-corrected chi connectivity index (χ1v) is 8.11. The Hall–Kier alpha value is -1.83. The second-order valence-electron chi connectivity index (χ2n) is 5.30. The van der Waals surface area contributed by atoms with Crippen LogP contribution < -0.4 is 5.56 Å². The summed E-state index contributed by atoms with van der Waals surface area (Å²) in [6.07, 6.45) is 0. The molecule has 0 amide bonds. The maximum atomic E-state index is 13.8. The molecule has 3 aromatic rings. The first kappa shape index (κ1) is 16.0. The molecule has 1 aromatic carbocycles. The van der Waals surface area contributed by atoms with Gasteiger partial charge in [0.1, 0.15) is 10.8 Å². The fraction of sp³-hybridized carbons (Fsp3) is 0.267. The molecule has 23 heavy (non-hydrogen) atoms. The molecule has 0 aliphatic heterocycles. The SMILES string of the molecule is Cc1cc(=O)n2nc(CN(C)Cc3c(F)cccc3Cl)sc2n1. The highest BCUT2D eigenvalue weighted by Gasteiger charge is 2.13. The normalized spacial score (nSPS) is 11.5. The van der Waals surface area contributed by atoms with Crippen LogP contribution in [-0.2, 0) is 13.1 Å². The summed E-state index contributed by atoms with van der Waals surface area (Å²) < 4.78 is 15.1. The van der Waals surface area contributed by atoms with Crippen LogP contribution in [0.1, 0.15) is 16.3 Å². The Balaban J connectivity index is 1.82. The molecule has 0 radical (unpaired) electrons. The van der Waals surface area contributed by atoms with Crippen molar-refractivity contribution in [3.05, 3.63) is 61.7 Å². The summed E-state index contributed by atoms with van der Waals surface area (Å²) in [7, 11) is 1.84. The van der Waals surface area contributed by atoms with Crippen molar-refractivity contribution >= 4 is 27.9 Å². The summed E-state index contributed by atoms with van der Waals surface area (Å²) in [5.41, 5.74) is 0.912. The van der Waals surface area contributed by atoms with Gasteiger partial charge >= 0.3 is 0 Å². The van der Waals surface area contributed by atoms with Gasteiger partial charge in [-0.3, -0.25) is 9.69 Å². The molecule has 0 aliphatic rings. The minimum atomic E-state index is -0.331. The summed E-state index contributed by atoms with van der Waals surface area (Å²) in [6, 6.07) is 6.07. The molecule has 2 heterocycles. The molecule has 0 bridgehead atoms. The Bertz CT molecular complexity index is 903. The van der Waals surface area contributed by atoms with Crippen LogP contribution in [-0.4, -0.2) is 26.5 Å². The Morgan fingerprint density at radius 2 is 2.17 bits per heavy atom. The van der Waals surface area contributed by atoms with Gasteiger partial charge in [0.2, 0.25) is 4.96 Å². The highest BCUT2D eigenvalue weighted by Crippen LogP contribution is 2.21. The molecule has 0 saturated heterocycles. The van der Waals surface area contributed by atoms with Gasteiger partial charge in [-0.1, -0.05) is 29.0 Å². The average molecular weight is 353 g/mol. The van der Waals surface area contributed by atoms with Crippen molar-refractivity contribution in [2.24, 2.45) is 0 Å². The van der Waals surface area contributed by atoms with E-state index in [4.69, 9.17) is 11.6 Å². The van der Waals surface area contributed by atoms with Gasteiger partial charge in [-0.25, -0.2) is 9.37 Å². The lowest BCUT2D eigenvalue weighted by Gasteiger charge is -2.16. The molecule has 0 unspecified atom stereocenters. The van der Waals surface area contributed by atoms with Gasteiger partial charge in [0.05, 0.1) is 6.54 Å². The second-order valence-corrected chi connectivity index (χ2v) is 6.75. The smallest absolute Gasteiger partial charge is 0.275 e. The van der Waals surface area contributed by atoms with Crippen LogP contribution in [0.4, 0.5) is 4.39 Å². The van der Waals surface area contributed by atoms with Crippen molar-refractivity contribution in [2.75, 3.05) is 7.05 Å². The van der Waals surface area contributed by atoms with E-state index in [1.165, 1.54) is 28.0 Å². The molecule has 3 rings (SSSR count).